The second-order valence-electron chi connectivity index (χ2n) is 6.19. The molecule has 2 aliphatic carbocycles. The third-order valence-electron chi connectivity index (χ3n) is 4.78. The number of anilines is 1. The van der Waals surface area contributed by atoms with Crippen LogP contribution in [0.1, 0.15) is 49.7 Å². The van der Waals surface area contributed by atoms with Gasteiger partial charge in [0.25, 0.3) is 0 Å². The lowest BCUT2D eigenvalue weighted by atomic mass is 9.85. The summed E-state index contributed by atoms with van der Waals surface area (Å²) in [6, 6.07) is 6.84. The molecule has 2 unspecified atom stereocenters. The van der Waals surface area contributed by atoms with Gasteiger partial charge in [-0.3, -0.25) is 4.79 Å². The van der Waals surface area contributed by atoms with E-state index in [4.69, 9.17) is 0 Å². The summed E-state index contributed by atoms with van der Waals surface area (Å²) in [5.74, 6) is -0.799. The summed E-state index contributed by atoms with van der Waals surface area (Å²) in [7, 11) is 0. The molecule has 3 heteroatoms. The van der Waals surface area contributed by atoms with Gasteiger partial charge in [-0.25, -0.2) is 0 Å². The van der Waals surface area contributed by atoms with Gasteiger partial charge in [0.05, 0.1) is 5.92 Å². The lowest BCUT2D eigenvalue weighted by Crippen LogP contribution is -2.31. The SMILES string of the molecule is O=C(O)C1CCCC(Nc2cccc3c2CCCC3)C1. The van der Waals surface area contributed by atoms with Gasteiger partial charge in [-0.1, -0.05) is 18.6 Å². The van der Waals surface area contributed by atoms with Crippen LogP contribution in [0.15, 0.2) is 18.2 Å². The van der Waals surface area contributed by atoms with E-state index >= 15 is 0 Å². The van der Waals surface area contributed by atoms with E-state index in [9.17, 15) is 9.90 Å². The maximum atomic E-state index is 11.2. The Hall–Kier alpha value is -1.51. The maximum absolute atomic E-state index is 11.2. The summed E-state index contributed by atoms with van der Waals surface area (Å²) in [6.45, 7) is 0. The van der Waals surface area contributed by atoms with E-state index < -0.39 is 5.97 Å². The van der Waals surface area contributed by atoms with Gasteiger partial charge in [-0.2, -0.15) is 0 Å². The minimum Gasteiger partial charge on any atom is -0.481 e. The lowest BCUT2D eigenvalue weighted by molar-refractivity contribution is -0.142. The van der Waals surface area contributed by atoms with Gasteiger partial charge in [0.15, 0.2) is 0 Å². The maximum Gasteiger partial charge on any atom is 0.306 e. The summed E-state index contributed by atoms with van der Waals surface area (Å²) in [4.78, 5) is 11.2. The highest BCUT2D eigenvalue weighted by Gasteiger charge is 2.27. The number of aryl methyl sites for hydroxylation is 1. The van der Waals surface area contributed by atoms with Crippen LogP contribution in [0.4, 0.5) is 5.69 Å². The first-order valence-electron chi connectivity index (χ1n) is 7.84. The molecule has 1 fully saturated rings. The number of carboxylic acids is 1. The van der Waals surface area contributed by atoms with Crippen LogP contribution in [0.25, 0.3) is 0 Å². The fourth-order valence-electron chi connectivity index (χ4n) is 3.68. The Morgan fingerprint density at radius 1 is 1.15 bits per heavy atom. The number of rotatable bonds is 3. The van der Waals surface area contributed by atoms with Gasteiger partial charge in [0, 0.05) is 11.7 Å². The minimum absolute atomic E-state index is 0.166. The number of hydrogen-bond acceptors (Lipinski definition) is 2. The van der Waals surface area contributed by atoms with Crippen molar-refractivity contribution < 1.29 is 9.90 Å². The van der Waals surface area contributed by atoms with Crippen LogP contribution in [0.2, 0.25) is 0 Å². The van der Waals surface area contributed by atoms with Gasteiger partial charge in [0.1, 0.15) is 0 Å². The molecule has 2 aliphatic rings. The molecule has 0 heterocycles. The molecule has 1 aromatic rings. The van der Waals surface area contributed by atoms with Crippen molar-refractivity contribution in [2.24, 2.45) is 5.92 Å². The molecule has 1 saturated carbocycles. The van der Waals surface area contributed by atoms with Gasteiger partial charge >= 0.3 is 5.97 Å². The molecule has 1 aromatic carbocycles. The Morgan fingerprint density at radius 2 is 2.00 bits per heavy atom. The van der Waals surface area contributed by atoms with Crippen LogP contribution in [0, 0.1) is 5.92 Å². The molecule has 0 spiro atoms. The van der Waals surface area contributed by atoms with E-state index in [0.717, 1.165) is 32.1 Å². The third-order valence-corrected chi connectivity index (χ3v) is 4.78. The standard InChI is InChI=1S/C17H23NO2/c19-17(20)13-7-3-8-14(11-13)18-16-10-4-6-12-5-1-2-9-15(12)16/h4,6,10,13-14,18H,1-3,5,7-9,11H2,(H,19,20). The van der Waals surface area contributed by atoms with E-state index in [1.54, 1.807) is 0 Å². The lowest BCUT2D eigenvalue weighted by Gasteiger charge is -2.30. The summed E-state index contributed by atoms with van der Waals surface area (Å²) in [6.07, 6.45) is 8.62. The summed E-state index contributed by atoms with van der Waals surface area (Å²) < 4.78 is 0. The van der Waals surface area contributed by atoms with Crippen molar-refractivity contribution in [2.45, 2.75) is 57.4 Å². The second-order valence-corrected chi connectivity index (χ2v) is 6.19. The fourth-order valence-corrected chi connectivity index (χ4v) is 3.68. The molecule has 3 rings (SSSR count). The average molecular weight is 273 g/mol. The van der Waals surface area contributed by atoms with Crippen molar-refractivity contribution in [1.29, 1.82) is 0 Å². The van der Waals surface area contributed by atoms with E-state index in [0.29, 0.717) is 6.04 Å². The Balaban J connectivity index is 1.73. The zero-order valence-corrected chi connectivity index (χ0v) is 11.9. The number of nitrogens with one attached hydrogen (secondary N) is 1. The monoisotopic (exact) mass is 273 g/mol. The number of fused-ring (bicyclic) bond motifs is 1. The molecular formula is C17H23NO2. The topological polar surface area (TPSA) is 49.3 Å². The molecule has 108 valence electrons. The molecule has 0 aromatic heterocycles. The largest absolute Gasteiger partial charge is 0.481 e. The van der Waals surface area contributed by atoms with E-state index in [-0.39, 0.29) is 5.92 Å². The highest BCUT2D eigenvalue weighted by molar-refractivity contribution is 5.70. The highest BCUT2D eigenvalue weighted by Crippen LogP contribution is 2.31. The van der Waals surface area contributed by atoms with E-state index in [1.807, 2.05) is 0 Å². The van der Waals surface area contributed by atoms with Gasteiger partial charge in [0.2, 0.25) is 0 Å². The Morgan fingerprint density at radius 3 is 2.85 bits per heavy atom. The molecule has 3 nitrogen and oxygen atoms in total. The zero-order chi connectivity index (χ0) is 13.9. The number of benzene rings is 1. The average Bonchev–Trinajstić information content (AvgIpc) is 2.48. The smallest absolute Gasteiger partial charge is 0.306 e. The summed E-state index contributed by atoms with van der Waals surface area (Å²) in [5, 5.41) is 12.8. The molecule has 0 bridgehead atoms. The minimum atomic E-state index is -0.633. The summed E-state index contributed by atoms with van der Waals surface area (Å²) >= 11 is 0. The molecule has 0 radical (unpaired) electrons. The van der Waals surface area contributed by atoms with Crippen molar-refractivity contribution in [3.8, 4) is 0 Å². The van der Waals surface area contributed by atoms with Crippen LogP contribution in [0.3, 0.4) is 0 Å². The zero-order valence-electron chi connectivity index (χ0n) is 11.9. The Labute approximate surface area is 120 Å². The first-order chi connectivity index (χ1) is 9.74. The van der Waals surface area contributed by atoms with Crippen molar-refractivity contribution in [2.75, 3.05) is 5.32 Å². The first kappa shape index (κ1) is 13.5. The van der Waals surface area contributed by atoms with Crippen molar-refractivity contribution >= 4 is 11.7 Å². The predicted molar refractivity (Wildman–Crippen MR) is 80.1 cm³/mol. The first-order valence-corrected chi connectivity index (χ1v) is 7.84. The normalized spacial score (nSPS) is 25.8. The fraction of sp³-hybridized carbons (Fsp3) is 0.588. The molecule has 2 atom stereocenters. The Bertz CT molecular complexity index is 498. The van der Waals surface area contributed by atoms with Crippen LogP contribution in [-0.2, 0) is 17.6 Å². The van der Waals surface area contributed by atoms with Crippen molar-refractivity contribution in [1.82, 2.24) is 0 Å². The van der Waals surface area contributed by atoms with Crippen LogP contribution < -0.4 is 5.32 Å². The van der Waals surface area contributed by atoms with Crippen LogP contribution in [0.5, 0.6) is 0 Å². The van der Waals surface area contributed by atoms with Crippen LogP contribution in [-0.4, -0.2) is 17.1 Å². The molecule has 20 heavy (non-hydrogen) atoms. The number of aliphatic carboxylic acids is 1. The van der Waals surface area contributed by atoms with E-state index in [1.165, 1.54) is 36.1 Å². The van der Waals surface area contributed by atoms with Gasteiger partial charge in [-0.05, 0) is 62.1 Å². The molecule has 2 N–H and O–H groups in total. The van der Waals surface area contributed by atoms with Gasteiger partial charge in [-0.15, -0.1) is 0 Å². The molecular weight excluding hydrogens is 250 g/mol. The summed E-state index contributed by atoms with van der Waals surface area (Å²) in [5.41, 5.74) is 4.20. The third kappa shape index (κ3) is 2.82. The molecule has 0 saturated heterocycles. The quantitative estimate of drug-likeness (QED) is 0.884. The van der Waals surface area contributed by atoms with Crippen LogP contribution >= 0.6 is 0 Å². The number of hydrogen-bond donors (Lipinski definition) is 2. The number of carboxylic acid groups (broad SMARTS) is 1. The molecule has 0 amide bonds. The van der Waals surface area contributed by atoms with Crippen molar-refractivity contribution in [3.63, 3.8) is 0 Å². The number of carbonyl (C=O) groups is 1. The molecule has 0 aliphatic heterocycles. The predicted octanol–water partition coefficient (Wildman–Crippen LogP) is 3.62. The van der Waals surface area contributed by atoms with E-state index in [2.05, 4.69) is 23.5 Å². The van der Waals surface area contributed by atoms with Crippen molar-refractivity contribution in [3.05, 3.63) is 29.3 Å². The second kappa shape index (κ2) is 5.86. The van der Waals surface area contributed by atoms with Gasteiger partial charge < -0.3 is 10.4 Å². The Kier molecular flexibility index (Phi) is 3.95. The highest BCUT2D eigenvalue weighted by atomic mass is 16.4.